The maximum atomic E-state index is 13.3. The largest absolute Gasteiger partial charge is 0.294 e. The fourth-order valence-corrected chi connectivity index (χ4v) is 4.56. The van der Waals surface area contributed by atoms with Crippen LogP contribution in [0.25, 0.3) is 0 Å². The summed E-state index contributed by atoms with van der Waals surface area (Å²) in [5.41, 5.74) is 4.37. The SMILES string of the molecule is Cc1cc(C)c(C(=O)C(CCCP=O)C2CCCCC2)c(C)c1. The lowest BCUT2D eigenvalue weighted by atomic mass is 9.74. The Bertz CT molecular complexity index is 536. The van der Waals surface area contributed by atoms with Crippen LogP contribution in [-0.4, -0.2) is 11.9 Å². The Morgan fingerprint density at radius 1 is 1.13 bits per heavy atom. The molecule has 1 fully saturated rings. The summed E-state index contributed by atoms with van der Waals surface area (Å²) in [6.07, 6.45) is 8.58. The van der Waals surface area contributed by atoms with Gasteiger partial charge in [-0.15, -0.1) is 0 Å². The van der Waals surface area contributed by atoms with Crippen molar-refractivity contribution in [2.45, 2.75) is 65.7 Å². The number of hydrogen-bond acceptors (Lipinski definition) is 2. The van der Waals surface area contributed by atoms with Crippen molar-refractivity contribution in [1.82, 2.24) is 0 Å². The van der Waals surface area contributed by atoms with E-state index in [0.29, 0.717) is 17.9 Å². The van der Waals surface area contributed by atoms with Gasteiger partial charge in [-0.3, -0.25) is 9.36 Å². The Balaban J connectivity index is 2.26. The Labute approximate surface area is 142 Å². The zero-order chi connectivity index (χ0) is 16.8. The second-order valence-electron chi connectivity index (χ2n) is 7.14. The summed E-state index contributed by atoms with van der Waals surface area (Å²) in [5.74, 6) is 0.950. The van der Waals surface area contributed by atoms with Gasteiger partial charge in [0, 0.05) is 17.6 Å². The van der Waals surface area contributed by atoms with Gasteiger partial charge in [-0.25, -0.2) is 0 Å². The van der Waals surface area contributed by atoms with Crippen LogP contribution in [0.15, 0.2) is 12.1 Å². The van der Waals surface area contributed by atoms with Crippen LogP contribution in [0.4, 0.5) is 0 Å². The Hall–Kier alpha value is -1.01. The summed E-state index contributed by atoms with van der Waals surface area (Å²) in [6, 6.07) is 4.24. The highest BCUT2D eigenvalue weighted by Gasteiger charge is 2.31. The van der Waals surface area contributed by atoms with Gasteiger partial charge in [-0.05, 0) is 63.5 Å². The molecule has 0 bridgehead atoms. The van der Waals surface area contributed by atoms with Crippen LogP contribution in [-0.2, 0) is 4.57 Å². The predicted molar refractivity (Wildman–Crippen MR) is 96.8 cm³/mol. The lowest BCUT2D eigenvalue weighted by molar-refractivity contribution is 0.0832. The third-order valence-electron chi connectivity index (χ3n) is 5.24. The van der Waals surface area contributed by atoms with Crippen molar-refractivity contribution < 1.29 is 9.36 Å². The molecule has 1 atom stereocenters. The van der Waals surface area contributed by atoms with Crippen molar-refractivity contribution in [3.63, 3.8) is 0 Å². The molecule has 0 aliphatic heterocycles. The van der Waals surface area contributed by atoms with Crippen LogP contribution in [0.2, 0.25) is 0 Å². The van der Waals surface area contributed by atoms with Gasteiger partial charge >= 0.3 is 0 Å². The number of hydrogen-bond donors (Lipinski definition) is 0. The van der Waals surface area contributed by atoms with E-state index >= 15 is 0 Å². The third kappa shape index (κ3) is 4.73. The van der Waals surface area contributed by atoms with E-state index in [-0.39, 0.29) is 14.4 Å². The normalized spacial score (nSPS) is 17.3. The predicted octanol–water partition coefficient (Wildman–Crippen LogP) is 6.06. The summed E-state index contributed by atoms with van der Waals surface area (Å²) in [5, 5.41) is 0. The molecule has 2 nitrogen and oxygen atoms in total. The van der Waals surface area contributed by atoms with E-state index in [0.717, 1.165) is 29.5 Å². The first-order valence-corrected chi connectivity index (χ1v) is 9.95. The minimum Gasteiger partial charge on any atom is -0.294 e. The van der Waals surface area contributed by atoms with E-state index in [1.807, 2.05) is 0 Å². The van der Waals surface area contributed by atoms with E-state index in [1.165, 1.54) is 37.7 Å². The summed E-state index contributed by atoms with van der Waals surface area (Å²) in [6.45, 7) is 6.20. The Kier molecular flexibility index (Phi) is 6.96. The molecule has 23 heavy (non-hydrogen) atoms. The van der Waals surface area contributed by atoms with Crippen LogP contribution in [0.1, 0.15) is 72.0 Å². The fourth-order valence-electron chi connectivity index (χ4n) is 4.25. The smallest absolute Gasteiger partial charge is 0.166 e. The van der Waals surface area contributed by atoms with Crippen molar-refractivity contribution in [2.24, 2.45) is 11.8 Å². The summed E-state index contributed by atoms with van der Waals surface area (Å²) in [4.78, 5) is 13.3. The van der Waals surface area contributed by atoms with Crippen LogP contribution >= 0.6 is 8.46 Å². The molecule has 0 N–H and O–H groups in total. The number of rotatable bonds is 7. The number of aryl methyl sites for hydroxylation is 3. The Morgan fingerprint density at radius 2 is 1.74 bits per heavy atom. The molecule has 1 unspecified atom stereocenters. The number of ketones is 1. The molecule has 1 aromatic carbocycles. The average molecular weight is 332 g/mol. The molecule has 0 aromatic heterocycles. The van der Waals surface area contributed by atoms with Crippen molar-refractivity contribution >= 4 is 14.2 Å². The second-order valence-corrected chi connectivity index (χ2v) is 7.84. The molecule has 1 aliphatic rings. The lowest BCUT2D eigenvalue weighted by Gasteiger charge is -2.30. The van der Waals surface area contributed by atoms with Crippen LogP contribution in [0, 0.1) is 32.6 Å². The monoisotopic (exact) mass is 332 g/mol. The summed E-state index contributed by atoms with van der Waals surface area (Å²) >= 11 is 0. The topological polar surface area (TPSA) is 34.1 Å². The number of benzene rings is 1. The number of carbonyl (C=O) groups excluding carboxylic acids is 1. The highest BCUT2D eigenvalue weighted by Crippen LogP contribution is 2.36. The fraction of sp³-hybridized carbons (Fsp3) is 0.650. The first-order valence-electron chi connectivity index (χ1n) is 8.95. The average Bonchev–Trinajstić information content (AvgIpc) is 2.51. The minimum atomic E-state index is 0.108. The van der Waals surface area contributed by atoms with Crippen molar-refractivity contribution in [3.8, 4) is 0 Å². The van der Waals surface area contributed by atoms with Crippen molar-refractivity contribution in [3.05, 3.63) is 34.4 Å². The molecule has 0 radical (unpaired) electrons. The molecule has 0 saturated heterocycles. The maximum Gasteiger partial charge on any atom is 0.166 e. The van der Waals surface area contributed by atoms with Crippen molar-refractivity contribution in [1.29, 1.82) is 0 Å². The van der Waals surface area contributed by atoms with Gasteiger partial charge in [0.25, 0.3) is 0 Å². The van der Waals surface area contributed by atoms with Crippen LogP contribution < -0.4 is 0 Å². The first-order chi connectivity index (χ1) is 11.0. The van der Waals surface area contributed by atoms with E-state index in [9.17, 15) is 9.36 Å². The molecular weight excluding hydrogens is 303 g/mol. The molecule has 2 rings (SSSR count). The summed E-state index contributed by atoms with van der Waals surface area (Å²) in [7, 11) is 0.202. The van der Waals surface area contributed by atoms with Gasteiger partial charge in [-0.1, -0.05) is 37.0 Å². The Morgan fingerprint density at radius 3 is 2.30 bits per heavy atom. The van der Waals surface area contributed by atoms with Gasteiger partial charge in [-0.2, -0.15) is 0 Å². The zero-order valence-corrected chi connectivity index (χ0v) is 15.6. The quantitative estimate of drug-likeness (QED) is 0.345. The number of Topliss-reactive ketones (excluding diaryl/α,β-unsaturated/α-hetero) is 1. The minimum absolute atomic E-state index is 0.108. The number of carbonyl (C=O) groups is 1. The maximum absolute atomic E-state index is 13.3. The lowest BCUT2D eigenvalue weighted by Crippen LogP contribution is -2.27. The third-order valence-corrected chi connectivity index (χ3v) is 5.74. The first kappa shape index (κ1) is 18.3. The van der Waals surface area contributed by atoms with Crippen molar-refractivity contribution in [2.75, 3.05) is 6.16 Å². The zero-order valence-electron chi connectivity index (χ0n) is 14.7. The van der Waals surface area contributed by atoms with Gasteiger partial charge in [0.15, 0.2) is 14.2 Å². The molecule has 1 aromatic rings. The van der Waals surface area contributed by atoms with E-state index in [2.05, 4.69) is 32.9 Å². The molecule has 0 heterocycles. The van der Waals surface area contributed by atoms with Gasteiger partial charge in [0.1, 0.15) is 0 Å². The van der Waals surface area contributed by atoms with E-state index in [4.69, 9.17) is 0 Å². The molecule has 1 aliphatic carbocycles. The molecule has 1 saturated carbocycles. The highest BCUT2D eigenvalue weighted by atomic mass is 31.1. The molecular formula is C20H29O2P. The highest BCUT2D eigenvalue weighted by molar-refractivity contribution is 7.23. The standard InChI is InChI=1S/C20H29O2P/c1-14-12-15(2)19(16(3)13-14)20(21)18(10-7-11-23-22)17-8-5-4-6-9-17/h12-13,17-18H,4-11H2,1-3H3. The second kappa shape index (κ2) is 8.73. The van der Waals surface area contributed by atoms with E-state index in [1.54, 1.807) is 0 Å². The van der Waals surface area contributed by atoms with E-state index < -0.39 is 0 Å². The summed E-state index contributed by atoms with van der Waals surface area (Å²) < 4.78 is 10.8. The molecule has 126 valence electrons. The molecule has 0 amide bonds. The van der Waals surface area contributed by atoms with Crippen LogP contribution in [0.5, 0.6) is 0 Å². The van der Waals surface area contributed by atoms with Crippen LogP contribution in [0.3, 0.4) is 0 Å². The van der Waals surface area contributed by atoms with Gasteiger partial charge in [0.05, 0.1) is 0 Å². The van der Waals surface area contributed by atoms with Gasteiger partial charge in [0.2, 0.25) is 0 Å². The molecule has 3 heteroatoms. The van der Waals surface area contributed by atoms with Gasteiger partial charge < -0.3 is 0 Å². The molecule has 0 spiro atoms.